The summed E-state index contributed by atoms with van der Waals surface area (Å²) in [6.45, 7) is 9.36. The summed E-state index contributed by atoms with van der Waals surface area (Å²) in [6.07, 6.45) is 7.05. The Hall–Kier alpha value is -0.610. The zero-order valence-corrected chi connectivity index (χ0v) is 13.7. The van der Waals surface area contributed by atoms with Crippen LogP contribution in [0.25, 0.3) is 0 Å². The van der Waals surface area contributed by atoms with Gasteiger partial charge in [0.25, 0.3) is 0 Å². The molecule has 0 amide bonds. The Morgan fingerprint density at radius 1 is 1.40 bits per heavy atom. The van der Waals surface area contributed by atoms with E-state index in [1.165, 1.54) is 32.8 Å². The van der Waals surface area contributed by atoms with Gasteiger partial charge in [-0.2, -0.15) is 0 Å². The summed E-state index contributed by atoms with van der Waals surface area (Å²) in [5, 5.41) is 3.37. The van der Waals surface area contributed by atoms with Crippen molar-refractivity contribution in [2.75, 3.05) is 26.7 Å². The van der Waals surface area contributed by atoms with Gasteiger partial charge in [0, 0.05) is 12.6 Å². The number of nitrogens with one attached hydrogen (secondary N) is 1. The maximum atomic E-state index is 12.1. The third kappa shape index (κ3) is 5.06. The average molecular weight is 284 g/mol. The molecule has 1 N–H and O–H groups in total. The third-order valence-corrected chi connectivity index (χ3v) is 4.49. The molecule has 20 heavy (non-hydrogen) atoms. The Bertz CT molecular complexity index is 296. The zero-order valence-electron chi connectivity index (χ0n) is 13.7. The van der Waals surface area contributed by atoms with Crippen molar-refractivity contribution >= 4 is 5.97 Å². The van der Waals surface area contributed by atoms with E-state index in [4.69, 9.17) is 4.74 Å². The standard InChI is InChI=1S/C16H32N2O2/c1-5-11-17-16(3,15(19)20-4)10-13-18-12-8-6-7-9-14(18)2/h14,17H,5-13H2,1-4H3. The monoisotopic (exact) mass is 284 g/mol. The Kier molecular flexibility index (Phi) is 7.52. The van der Waals surface area contributed by atoms with Gasteiger partial charge in [-0.3, -0.25) is 4.79 Å². The first kappa shape index (κ1) is 17.4. The van der Waals surface area contributed by atoms with Crippen LogP contribution in [0.1, 0.15) is 59.3 Å². The maximum absolute atomic E-state index is 12.1. The Morgan fingerprint density at radius 2 is 2.15 bits per heavy atom. The molecule has 118 valence electrons. The highest BCUT2D eigenvalue weighted by Gasteiger charge is 2.34. The zero-order chi connectivity index (χ0) is 15.0. The minimum atomic E-state index is -0.559. The summed E-state index contributed by atoms with van der Waals surface area (Å²) in [5.74, 6) is -0.145. The fraction of sp³-hybridized carbons (Fsp3) is 0.938. The fourth-order valence-electron chi connectivity index (χ4n) is 2.92. The van der Waals surface area contributed by atoms with Crippen molar-refractivity contribution in [3.63, 3.8) is 0 Å². The number of hydrogen-bond donors (Lipinski definition) is 1. The van der Waals surface area contributed by atoms with Gasteiger partial charge >= 0.3 is 5.97 Å². The van der Waals surface area contributed by atoms with E-state index in [0.29, 0.717) is 6.04 Å². The lowest BCUT2D eigenvalue weighted by Gasteiger charge is -2.33. The van der Waals surface area contributed by atoms with E-state index in [9.17, 15) is 4.79 Å². The molecule has 4 nitrogen and oxygen atoms in total. The first-order valence-electron chi connectivity index (χ1n) is 8.11. The van der Waals surface area contributed by atoms with Gasteiger partial charge in [0.05, 0.1) is 7.11 Å². The number of nitrogens with zero attached hydrogens (tertiary/aromatic N) is 1. The highest BCUT2D eigenvalue weighted by molar-refractivity contribution is 5.80. The number of hydrogen-bond acceptors (Lipinski definition) is 4. The lowest BCUT2D eigenvalue weighted by molar-refractivity contribution is -0.148. The van der Waals surface area contributed by atoms with Gasteiger partial charge in [-0.1, -0.05) is 19.8 Å². The van der Waals surface area contributed by atoms with Gasteiger partial charge in [0.2, 0.25) is 0 Å². The van der Waals surface area contributed by atoms with Crippen molar-refractivity contribution < 1.29 is 9.53 Å². The molecule has 0 spiro atoms. The van der Waals surface area contributed by atoms with Crippen LogP contribution in [0, 0.1) is 0 Å². The van der Waals surface area contributed by atoms with Crippen molar-refractivity contribution in [1.29, 1.82) is 0 Å². The molecule has 2 unspecified atom stereocenters. The van der Waals surface area contributed by atoms with Crippen molar-refractivity contribution in [3.05, 3.63) is 0 Å². The minimum Gasteiger partial charge on any atom is -0.468 e. The third-order valence-electron chi connectivity index (χ3n) is 4.49. The Labute approximate surface area is 124 Å². The number of esters is 1. The van der Waals surface area contributed by atoms with Crippen molar-refractivity contribution in [2.24, 2.45) is 0 Å². The summed E-state index contributed by atoms with van der Waals surface area (Å²) in [6, 6.07) is 0.630. The quantitative estimate of drug-likeness (QED) is 0.730. The van der Waals surface area contributed by atoms with E-state index in [1.54, 1.807) is 0 Å². The molecule has 0 aromatic carbocycles. The molecular weight excluding hydrogens is 252 g/mol. The molecule has 0 aromatic rings. The molecule has 1 saturated heterocycles. The molecule has 1 fully saturated rings. The van der Waals surface area contributed by atoms with Crippen molar-refractivity contribution in [3.8, 4) is 0 Å². The number of likely N-dealkylation sites (tertiary alicyclic amines) is 1. The minimum absolute atomic E-state index is 0.145. The lowest BCUT2D eigenvalue weighted by Crippen LogP contribution is -2.52. The van der Waals surface area contributed by atoms with Crippen LogP contribution in [-0.2, 0) is 9.53 Å². The molecule has 1 rings (SSSR count). The van der Waals surface area contributed by atoms with Crippen LogP contribution in [0.2, 0.25) is 0 Å². The van der Waals surface area contributed by atoms with E-state index in [2.05, 4.69) is 24.1 Å². The molecule has 0 radical (unpaired) electrons. The van der Waals surface area contributed by atoms with Gasteiger partial charge in [-0.25, -0.2) is 0 Å². The predicted molar refractivity (Wildman–Crippen MR) is 82.8 cm³/mol. The van der Waals surface area contributed by atoms with Crippen LogP contribution < -0.4 is 5.32 Å². The topological polar surface area (TPSA) is 41.6 Å². The Morgan fingerprint density at radius 3 is 2.80 bits per heavy atom. The summed E-state index contributed by atoms with van der Waals surface area (Å²) < 4.78 is 4.98. The van der Waals surface area contributed by atoms with Crippen molar-refractivity contribution in [2.45, 2.75) is 70.9 Å². The van der Waals surface area contributed by atoms with Gasteiger partial charge in [0.15, 0.2) is 0 Å². The lowest BCUT2D eigenvalue weighted by atomic mass is 9.96. The second kappa shape index (κ2) is 8.63. The van der Waals surface area contributed by atoms with Gasteiger partial charge < -0.3 is 15.0 Å². The fourth-order valence-corrected chi connectivity index (χ4v) is 2.92. The second-order valence-electron chi connectivity index (χ2n) is 6.23. The number of rotatable bonds is 7. The van der Waals surface area contributed by atoms with Crippen LogP contribution >= 0.6 is 0 Å². The number of methoxy groups -OCH3 is 1. The second-order valence-corrected chi connectivity index (χ2v) is 6.23. The molecule has 2 atom stereocenters. The molecule has 0 aliphatic carbocycles. The van der Waals surface area contributed by atoms with Gasteiger partial charge in [-0.15, -0.1) is 0 Å². The van der Waals surface area contributed by atoms with E-state index in [1.807, 2.05) is 6.92 Å². The van der Waals surface area contributed by atoms with E-state index < -0.39 is 5.54 Å². The van der Waals surface area contributed by atoms with Gasteiger partial charge in [0.1, 0.15) is 5.54 Å². The van der Waals surface area contributed by atoms with Crippen LogP contribution in [-0.4, -0.2) is 49.2 Å². The average Bonchev–Trinajstić information content (AvgIpc) is 2.66. The molecule has 0 saturated carbocycles. The molecular formula is C16H32N2O2. The predicted octanol–water partition coefficient (Wildman–Crippen LogP) is 2.57. The summed E-state index contributed by atoms with van der Waals surface area (Å²) in [4.78, 5) is 14.6. The van der Waals surface area contributed by atoms with Crippen LogP contribution in [0.4, 0.5) is 0 Å². The largest absolute Gasteiger partial charge is 0.468 e. The summed E-state index contributed by atoms with van der Waals surface area (Å²) in [7, 11) is 1.47. The maximum Gasteiger partial charge on any atom is 0.325 e. The Balaban J connectivity index is 2.57. The van der Waals surface area contributed by atoms with E-state index in [0.717, 1.165) is 32.5 Å². The first-order valence-corrected chi connectivity index (χ1v) is 8.11. The number of ether oxygens (including phenoxy) is 1. The van der Waals surface area contributed by atoms with Gasteiger partial charge in [-0.05, 0) is 52.6 Å². The van der Waals surface area contributed by atoms with E-state index >= 15 is 0 Å². The summed E-state index contributed by atoms with van der Waals surface area (Å²) >= 11 is 0. The van der Waals surface area contributed by atoms with E-state index in [-0.39, 0.29) is 5.97 Å². The molecule has 4 heteroatoms. The van der Waals surface area contributed by atoms with Crippen LogP contribution in [0.5, 0.6) is 0 Å². The number of carbonyl (C=O) groups is 1. The normalized spacial score (nSPS) is 23.9. The van der Waals surface area contributed by atoms with Crippen LogP contribution in [0.3, 0.4) is 0 Å². The van der Waals surface area contributed by atoms with Crippen LogP contribution in [0.15, 0.2) is 0 Å². The summed E-state index contributed by atoms with van der Waals surface area (Å²) in [5.41, 5.74) is -0.559. The SMILES string of the molecule is CCCNC(C)(CCN1CCCCCC1C)C(=O)OC. The highest BCUT2D eigenvalue weighted by atomic mass is 16.5. The first-order chi connectivity index (χ1) is 9.53. The number of carbonyl (C=O) groups excluding carboxylic acids is 1. The molecule has 0 aromatic heterocycles. The molecule has 1 aliphatic heterocycles. The van der Waals surface area contributed by atoms with Crippen molar-refractivity contribution in [1.82, 2.24) is 10.2 Å². The molecule has 1 aliphatic rings. The highest BCUT2D eigenvalue weighted by Crippen LogP contribution is 2.19. The molecule has 1 heterocycles. The molecule has 0 bridgehead atoms. The smallest absolute Gasteiger partial charge is 0.325 e.